The molecule has 0 bridgehead atoms. The van der Waals surface area contributed by atoms with E-state index in [4.69, 9.17) is 28.9 Å². The van der Waals surface area contributed by atoms with E-state index in [0.717, 1.165) is 12.8 Å². The smallest absolute Gasteiger partial charge is 0.321 e. The van der Waals surface area contributed by atoms with E-state index in [9.17, 15) is 4.79 Å². The minimum Gasteiger partial charge on any atom is -0.328 e. The van der Waals surface area contributed by atoms with Crippen LogP contribution in [0.1, 0.15) is 12.8 Å². The highest BCUT2D eigenvalue weighted by Crippen LogP contribution is 2.34. The molecule has 0 aliphatic heterocycles. The molecule has 1 fully saturated rings. The maximum Gasteiger partial charge on any atom is 0.321 e. The average Bonchev–Trinajstić information content (AvgIpc) is 3.19. The Morgan fingerprint density at radius 1 is 1.47 bits per heavy atom. The first-order chi connectivity index (χ1) is 9.02. The minimum atomic E-state index is -0.180. The number of anilines is 1. The third kappa shape index (κ3) is 3.53. The molecule has 0 aromatic heterocycles. The number of carbonyl (C=O) groups excluding carboxylic acids is 1. The summed E-state index contributed by atoms with van der Waals surface area (Å²) in [6.45, 7) is 0.482. The van der Waals surface area contributed by atoms with Gasteiger partial charge in [0.2, 0.25) is 0 Å². The molecule has 1 saturated carbocycles. The van der Waals surface area contributed by atoms with E-state index in [0.29, 0.717) is 28.2 Å². The quantitative estimate of drug-likeness (QED) is 0.897. The van der Waals surface area contributed by atoms with Crippen molar-refractivity contribution in [2.24, 2.45) is 11.7 Å². The molecule has 1 aromatic carbocycles. The van der Waals surface area contributed by atoms with Crippen molar-refractivity contribution in [1.29, 1.82) is 0 Å². The number of hydrogen-bond donors (Lipinski definition) is 2. The molecule has 3 N–H and O–H groups in total. The van der Waals surface area contributed by atoms with Crippen LogP contribution in [0.5, 0.6) is 0 Å². The number of carbonyl (C=O) groups is 1. The summed E-state index contributed by atoms with van der Waals surface area (Å²) in [5.74, 6) is 0.537. The SMILES string of the molecule is CN(C(=O)Nc1ccc(Cl)c(Cl)c1)C(CN)C1CC1. The van der Waals surface area contributed by atoms with Crippen LogP contribution in [0.2, 0.25) is 10.0 Å². The van der Waals surface area contributed by atoms with Gasteiger partial charge >= 0.3 is 6.03 Å². The van der Waals surface area contributed by atoms with Crippen molar-refractivity contribution in [3.05, 3.63) is 28.2 Å². The van der Waals surface area contributed by atoms with Crippen LogP contribution in [-0.2, 0) is 0 Å². The first kappa shape index (κ1) is 14.4. The van der Waals surface area contributed by atoms with Crippen molar-refractivity contribution in [2.75, 3.05) is 18.9 Å². The first-order valence-electron chi connectivity index (χ1n) is 6.22. The van der Waals surface area contributed by atoms with Crippen LogP contribution in [0.25, 0.3) is 0 Å². The third-order valence-electron chi connectivity index (χ3n) is 3.40. The predicted octanol–water partition coefficient (Wildman–Crippen LogP) is 3.19. The van der Waals surface area contributed by atoms with Crippen molar-refractivity contribution >= 4 is 34.9 Å². The van der Waals surface area contributed by atoms with Gasteiger partial charge in [-0.25, -0.2) is 4.79 Å². The van der Waals surface area contributed by atoms with Gasteiger partial charge in [-0.15, -0.1) is 0 Å². The minimum absolute atomic E-state index is 0.0998. The molecular weight excluding hydrogens is 285 g/mol. The van der Waals surface area contributed by atoms with Crippen LogP contribution < -0.4 is 11.1 Å². The molecule has 1 unspecified atom stereocenters. The van der Waals surface area contributed by atoms with Gasteiger partial charge in [-0.2, -0.15) is 0 Å². The van der Waals surface area contributed by atoms with Gasteiger partial charge in [-0.3, -0.25) is 0 Å². The normalized spacial score (nSPS) is 16.0. The fourth-order valence-electron chi connectivity index (χ4n) is 2.08. The van der Waals surface area contributed by atoms with E-state index in [1.54, 1.807) is 30.1 Å². The first-order valence-corrected chi connectivity index (χ1v) is 6.97. The lowest BCUT2D eigenvalue weighted by molar-refractivity contribution is 0.198. The Balaban J connectivity index is 2.01. The van der Waals surface area contributed by atoms with E-state index in [1.807, 2.05) is 0 Å². The Labute approximate surface area is 122 Å². The molecule has 2 rings (SSSR count). The second-order valence-electron chi connectivity index (χ2n) is 4.81. The lowest BCUT2D eigenvalue weighted by Crippen LogP contribution is -2.45. The monoisotopic (exact) mass is 301 g/mol. The number of nitrogens with two attached hydrogens (primary N) is 1. The zero-order valence-corrected chi connectivity index (χ0v) is 12.2. The van der Waals surface area contributed by atoms with Gasteiger partial charge in [0.05, 0.1) is 10.0 Å². The number of likely N-dealkylation sites (N-methyl/N-ethyl adjacent to an activating group) is 1. The van der Waals surface area contributed by atoms with Crippen molar-refractivity contribution in [1.82, 2.24) is 4.90 Å². The summed E-state index contributed by atoms with van der Waals surface area (Å²) < 4.78 is 0. The molecule has 1 aliphatic carbocycles. The number of nitrogens with zero attached hydrogens (tertiary/aromatic N) is 1. The van der Waals surface area contributed by atoms with Gasteiger partial charge in [0, 0.05) is 25.3 Å². The maximum absolute atomic E-state index is 12.1. The molecule has 0 radical (unpaired) electrons. The number of hydrogen-bond acceptors (Lipinski definition) is 2. The number of nitrogens with one attached hydrogen (secondary N) is 1. The fourth-order valence-corrected chi connectivity index (χ4v) is 2.38. The molecular formula is C13H17Cl2N3O. The van der Waals surface area contributed by atoms with Crippen LogP contribution in [0.3, 0.4) is 0 Å². The van der Waals surface area contributed by atoms with Gasteiger partial charge in [-0.1, -0.05) is 23.2 Å². The Morgan fingerprint density at radius 3 is 2.68 bits per heavy atom. The number of amides is 2. The zero-order valence-electron chi connectivity index (χ0n) is 10.7. The number of benzene rings is 1. The van der Waals surface area contributed by atoms with Gasteiger partial charge in [0.15, 0.2) is 0 Å². The molecule has 0 heterocycles. The molecule has 19 heavy (non-hydrogen) atoms. The molecule has 0 spiro atoms. The topological polar surface area (TPSA) is 58.4 Å². The summed E-state index contributed by atoms with van der Waals surface area (Å²) in [5.41, 5.74) is 6.35. The summed E-state index contributed by atoms with van der Waals surface area (Å²) in [6.07, 6.45) is 2.29. The molecule has 1 aliphatic rings. The summed E-state index contributed by atoms with van der Waals surface area (Å²) in [7, 11) is 1.77. The van der Waals surface area contributed by atoms with E-state index in [-0.39, 0.29) is 12.1 Å². The fraction of sp³-hybridized carbons (Fsp3) is 0.462. The summed E-state index contributed by atoms with van der Waals surface area (Å²) in [5, 5.41) is 3.68. The summed E-state index contributed by atoms with van der Waals surface area (Å²) in [4.78, 5) is 13.8. The van der Waals surface area contributed by atoms with Crippen LogP contribution in [-0.4, -0.2) is 30.6 Å². The maximum atomic E-state index is 12.1. The Kier molecular flexibility index (Phi) is 4.55. The van der Waals surface area contributed by atoms with Gasteiger partial charge in [-0.05, 0) is 37.0 Å². The van der Waals surface area contributed by atoms with Crippen LogP contribution in [0.15, 0.2) is 18.2 Å². The van der Waals surface area contributed by atoms with Gasteiger partial charge in [0.25, 0.3) is 0 Å². The number of rotatable bonds is 4. The Bertz CT molecular complexity index is 477. The Morgan fingerprint density at radius 2 is 2.16 bits per heavy atom. The van der Waals surface area contributed by atoms with Crippen LogP contribution in [0.4, 0.5) is 10.5 Å². The predicted molar refractivity (Wildman–Crippen MR) is 78.8 cm³/mol. The summed E-state index contributed by atoms with van der Waals surface area (Å²) in [6, 6.07) is 4.92. The molecule has 6 heteroatoms. The molecule has 104 valence electrons. The van der Waals surface area contributed by atoms with Crippen LogP contribution >= 0.6 is 23.2 Å². The molecule has 1 aromatic rings. The second kappa shape index (κ2) is 5.99. The highest BCUT2D eigenvalue weighted by Gasteiger charge is 2.34. The highest BCUT2D eigenvalue weighted by molar-refractivity contribution is 6.42. The molecule has 0 saturated heterocycles. The van der Waals surface area contributed by atoms with Crippen LogP contribution in [0, 0.1) is 5.92 Å². The lowest BCUT2D eigenvalue weighted by Gasteiger charge is -2.27. The number of halogens is 2. The highest BCUT2D eigenvalue weighted by atomic mass is 35.5. The third-order valence-corrected chi connectivity index (χ3v) is 4.14. The molecule has 1 atom stereocenters. The van der Waals surface area contributed by atoms with Crippen molar-refractivity contribution in [3.8, 4) is 0 Å². The van der Waals surface area contributed by atoms with E-state index in [1.165, 1.54) is 0 Å². The van der Waals surface area contributed by atoms with E-state index < -0.39 is 0 Å². The molecule has 2 amide bonds. The van der Waals surface area contributed by atoms with Gasteiger partial charge < -0.3 is 16.0 Å². The van der Waals surface area contributed by atoms with Crippen molar-refractivity contribution in [2.45, 2.75) is 18.9 Å². The molecule has 4 nitrogen and oxygen atoms in total. The zero-order chi connectivity index (χ0) is 14.0. The van der Waals surface area contributed by atoms with Crippen molar-refractivity contribution < 1.29 is 4.79 Å². The second-order valence-corrected chi connectivity index (χ2v) is 5.62. The summed E-state index contributed by atoms with van der Waals surface area (Å²) >= 11 is 11.7. The average molecular weight is 302 g/mol. The van der Waals surface area contributed by atoms with Gasteiger partial charge in [0.1, 0.15) is 0 Å². The van der Waals surface area contributed by atoms with E-state index >= 15 is 0 Å². The largest absolute Gasteiger partial charge is 0.328 e. The van der Waals surface area contributed by atoms with Crippen molar-refractivity contribution in [3.63, 3.8) is 0 Å². The number of urea groups is 1. The van der Waals surface area contributed by atoms with E-state index in [2.05, 4.69) is 5.32 Å². The Hall–Kier alpha value is -0.970. The standard InChI is InChI=1S/C13H17Cl2N3O/c1-18(12(7-16)8-2-3-8)13(19)17-9-4-5-10(14)11(15)6-9/h4-6,8,12H,2-3,7,16H2,1H3,(H,17,19). The lowest BCUT2D eigenvalue weighted by atomic mass is 10.1.